The van der Waals surface area contributed by atoms with Gasteiger partial charge in [0, 0.05) is 37.6 Å². The molecule has 2 unspecified atom stereocenters. The summed E-state index contributed by atoms with van der Waals surface area (Å²) >= 11 is 1.80. The highest BCUT2D eigenvalue weighted by atomic mass is 32.1. The van der Waals surface area contributed by atoms with E-state index in [9.17, 15) is 0 Å². The third-order valence-electron chi connectivity index (χ3n) is 4.43. The Bertz CT molecular complexity index is 477. The Balaban J connectivity index is 1.36. The lowest BCUT2D eigenvalue weighted by molar-refractivity contribution is -0.0453. The molecule has 122 valence electrons. The van der Waals surface area contributed by atoms with Gasteiger partial charge < -0.3 is 15.4 Å². The predicted octanol–water partition coefficient (Wildman–Crippen LogP) is 1.32. The Morgan fingerprint density at radius 1 is 1.50 bits per heavy atom. The summed E-state index contributed by atoms with van der Waals surface area (Å²) in [6.45, 7) is 4.89. The van der Waals surface area contributed by atoms with E-state index in [2.05, 4.69) is 38.0 Å². The van der Waals surface area contributed by atoms with Crippen molar-refractivity contribution in [1.82, 2.24) is 15.5 Å². The number of fused-ring (bicyclic) bond motifs is 1. The highest BCUT2D eigenvalue weighted by molar-refractivity contribution is 7.09. The quantitative estimate of drug-likeness (QED) is 0.634. The van der Waals surface area contributed by atoms with Gasteiger partial charge in [0.2, 0.25) is 0 Å². The van der Waals surface area contributed by atoms with Crippen molar-refractivity contribution in [3.63, 3.8) is 0 Å². The topological polar surface area (TPSA) is 48.9 Å². The minimum atomic E-state index is 0.269. The van der Waals surface area contributed by atoms with Crippen LogP contribution in [0.5, 0.6) is 0 Å². The smallest absolute Gasteiger partial charge is 0.191 e. The molecule has 2 atom stereocenters. The largest absolute Gasteiger partial charge is 0.373 e. The Morgan fingerprint density at radius 2 is 2.45 bits per heavy atom. The molecule has 0 aromatic carbocycles. The number of hydrogen-bond acceptors (Lipinski definition) is 4. The van der Waals surface area contributed by atoms with Crippen LogP contribution in [0.1, 0.15) is 17.7 Å². The summed E-state index contributed by atoms with van der Waals surface area (Å²) in [6, 6.07) is 4.93. The van der Waals surface area contributed by atoms with Gasteiger partial charge in [0.25, 0.3) is 0 Å². The molecule has 0 saturated carbocycles. The number of rotatable bonds is 5. The van der Waals surface area contributed by atoms with E-state index in [4.69, 9.17) is 4.74 Å². The van der Waals surface area contributed by atoms with Gasteiger partial charge in [-0.2, -0.15) is 0 Å². The van der Waals surface area contributed by atoms with Gasteiger partial charge in [-0.15, -0.1) is 11.3 Å². The first-order valence-corrected chi connectivity index (χ1v) is 9.05. The van der Waals surface area contributed by atoms with Gasteiger partial charge in [0.1, 0.15) is 0 Å². The Kier molecular flexibility index (Phi) is 5.70. The second-order valence-corrected chi connectivity index (χ2v) is 6.99. The first-order chi connectivity index (χ1) is 10.8. The van der Waals surface area contributed by atoms with E-state index in [-0.39, 0.29) is 6.10 Å². The van der Waals surface area contributed by atoms with Crippen molar-refractivity contribution in [3.8, 4) is 0 Å². The van der Waals surface area contributed by atoms with E-state index < -0.39 is 0 Å². The lowest BCUT2D eigenvalue weighted by Crippen LogP contribution is -2.51. The van der Waals surface area contributed by atoms with Gasteiger partial charge in [-0.25, -0.2) is 0 Å². The van der Waals surface area contributed by atoms with E-state index in [1.807, 2.05) is 7.05 Å². The van der Waals surface area contributed by atoms with Gasteiger partial charge in [-0.1, -0.05) is 6.07 Å². The Morgan fingerprint density at radius 3 is 3.27 bits per heavy atom. The summed E-state index contributed by atoms with van der Waals surface area (Å²) in [7, 11) is 1.82. The van der Waals surface area contributed by atoms with E-state index in [0.717, 1.165) is 38.6 Å². The van der Waals surface area contributed by atoms with Crippen molar-refractivity contribution >= 4 is 17.3 Å². The first kappa shape index (κ1) is 15.8. The van der Waals surface area contributed by atoms with Gasteiger partial charge in [-0.05, 0) is 37.3 Å². The zero-order valence-corrected chi connectivity index (χ0v) is 14.1. The van der Waals surface area contributed by atoms with Crippen LogP contribution in [0.2, 0.25) is 0 Å². The van der Waals surface area contributed by atoms with Crippen LogP contribution in [0.4, 0.5) is 0 Å². The van der Waals surface area contributed by atoms with Crippen molar-refractivity contribution < 1.29 is 4.74 Å². The molecule has 0 aliphatic carbocycles. The molecule has 0 bridgehead atoms. The van der Waals surface area contributed by atoms with Crippen molar-refractivity contribution in [2.75, 3.05) is 39.8 Å². The number of nitrogens with zero attached hydrogens (tertiary/aromatic N) is 2. The predicted molar refractivity (Wildman–Crippen MR) is 91.7 cm³/mol. The normalized spacial score (nSPS) is 26.0. The second-order valence-electron chi connectivity index (χ2n) is 5.96. The molecule has 2 saturated heterocycles. The molecule has 1 aromatic heterocycles. The molecule has 2 aliphatic heterocycles. The van der Waals surface area contributed by atoms with Crippen molar-refractivity contribution in [2.45, 2.75) is 31.4 Å². The standard InChI is InChI=1S/C16H26N4OS/c1-17-16(18-7-6-15-5-3-9-22-15)19-10-14-11-20-8-2-4-13(20)12-21-14/h3,5,9,13-14H,2,4,6-8,10-12H2,1H3,(H2,17,18,19). The molecule has 0 amide bonds. The van der Waals surface area contributed by atoms with Crippen LogP contribution in [0.3, 0.4) is 0 Å². The highest BCUT2D eigenvalue weighted by Gasteiger charge is 2.31. The van der Waals surface area contributed by atoms with E-state index in [0.29, 0.717) is 6.04 Å². The molecular weight excluding hydrogens is 296 g/mol. The van der Waals surface area contributed by atoms with Crippen LogP contribution < -0.4 is 10.6 Å². The van der Waals surface area contributed by atoms with Crippen LogP contribution in [-0.2, 0) is 11.2 Å². The number of hydrogen-bond donors (Lipinski definition) is 2. The summed E-state index contributed by atoms with van der Waals surface area (Å²) in [4.78, 5) is 8.26. The third-order valence-corrected chi connectivity index (χ3v) is 5.36. The number of morpholine rings is 1. The molecule has 6 heteroatoms. The lowest BCUT2D eigenvalue weighted by Gasteiger charge is -2.35. The third kappa shape index (κ3) is 4.21. The molecule has 3 rings (SSSR count). The zero-order chi connectivity index (χ0) is 15.2. The maximum Gasteiger partial charge on any atom is 0.191 e. The van der Waals surface area contributed by atoms with E-state index in [1.54, 1.807) is 11.3 Å². The molecule has 5 nitrogen and oxygen atoms in total. The summed E-state index contributed by atoms with van der Waals surface area (Å²) in [5.74, 6) is 0.865. The maximum atomic E-state index is 5.96. The van der Waals surface area contributed by atoms with Gasteiger partial charge in [0.05, 0.1) is 12.7 Å². The first-order valence-electron chi connectivity index (χ1n) is 8.17. The molecule has 2 aliphatic rings. The molecule has 1 aromatic rings. The number of thiophene rings is 1. The Labute approximate surface area is 136 Å². The van der Waals surface area contributed by atoms with Crippen LogP contribution in [0.25, 0.3) is 0 Å². The summed E-state index contributed by atoms with van der Waals surface area (Å²) < 4.78 is 5.96. The summed E-state index contributed by atoms with van der Waals surface area (Å²) in [5.41, 5.74) is 0. The van der Waals surface area contributed by atoms with Crippen molar-refractivity contribution in [2.24, 2.45) is 4.99 Å². The maximum absolute atomic E-state index is 5.96. The molecule has 2 N–H and O–H groups in total. The molecule has 22 heavy (non-hydrogen) atoms. The SMILES string of the molecule is CN=C(NCCc1cccs1)NCC1CN2CCCC2CO1. The van der Waals surface area contributed by atoms with Crippen LogP contribution in [0, 0.1) is 0 Å². The molecule has 3 heterocycles. The molecule has 2 fully saturated rings. The lowest BCUT2D eigenvalue weighted by atomic mass is 10.2. The molecule has 0 radical (unpaired) electrons. The fraction of sp³-hybridized carbons (Fsp3) is 0.688. The van der Waals surface area contributed by atoms with E-state index >= 15 is 0 Å². The molecule has 0 spiro atoms. The van der Waals surface area contributed by atoms with Gasteiger partial charge in [0.15, 0.2) is 5.96 Å². The van der Waals surface area contributed by atoms with Crippen LogP contribution in [-0.4, -0.2) is 62.8 Å². The molecular formula is C16H26N4OS. The fourth-order valence-corrected chi connectivity index (χ4v) is 3.91. The van der Waals surface area contributed by atoms with Crippen molar-refractivity contribution in [3.05, 3.63) is 22.4 Å². The minimum Gasteiger partial charge on any atom is -0.373 e. The summed E-state index contributed by atoms with van der Waals surface area (Å²) in [5, 5.41) is 8.88. The van der Waals surface area contributed by atoms with Crippen molar-refractivity contribution in [1.29, 1.82) is 0 Å². The average Bonchev–Trinajstić information content (AvgIpc) is 3.21. The monoisotopic (exact) mass is 322 g/mol. The van der Waals surface area contributed by atoms with E-state index in [1.165, 1.54) is 24.3 Å². The van der Waals surface area contributed by atoms with Crippen LogP contribution >= 0.6 is 11.3 Å². The number of nitrogens with one attached hydrogen (secondary N) is 2. The number of aliphatic imine (C=N–C) groups is 1. The Hall–Kier alpha value is -1.11. The number of ether oxygens (including phenoxy) is 1. The summed E-state index contributed by atoms with van der Waals surface area (Å²) in [6.07, 6.45) is 3.92. The zero-order valence-electron chi connectivity index (χ0n) is 13.3. The van der Waals surface area contributed by atoms with Crippen LogP contribution in [0.15, 0.2) is 22.5 Å². The van der Waals surface area contributed by atoms with Gasteiger partial charge >= 0.3 is 0 Å². The fourth-order valence-electron chi connectivity index (χ4n) is 3.20. The second kappa shape index (κ2) is 7.94. The average molecular weight is 322 g/mol. The number of guanidine groups is 1. The minimum absolute atomic E-state index is 0.269. The van der Waals surface area contributed by atoms with Gasteiger partial charge in [-0.3, -0.25) is 9.89 Å². The highest BCUT2D eigenvalue weighted by Crippen LogP contribution is 2.22.